The van der Waals surface area contributed by atoms with Crippen LogP contribution < -0.4 is 10.6 Å². The largest absolute Gasteiger partial charge is 0.408 e. The number of allylic oxidation sites excluding steroid dienone is 1. The number of hydrogen-bond donors (Lipinski definition) is 3. The third-order valence-electron chi connectivity index (χ3n) is 4.18. The van der Waals surface area contributed by atoms with Crippen molar-refractivity contribution < 1.29 is 31.4 Å². The van der Waals surface area contributed by atoms with E-state index in [4.69, 9.17) is 0 Å². The molecule has 1 aromatic heterocycles. The molecule has 0 aromatic carbocycles. The van der Waals surface area contributed by atoms with Gasteiger partial charge in [0.2, 0.25) is 11.9 Å². The zero-order valence-corrected chi connectivity index (χ0v) is 15.2. The summed E-state index contributed by atoms with van der Waals surface area (Å²) in [4.78, 5) is 11.5. The van der Waals surface area contributed by atoms with Crippen LogP contribution in [0.3, 0.4) is 0 Å². The van der Waals surface area contributed by atoms with E-state index in [0.29, 0.717) is 13.0 Å². The minimum atomic E-state index is -4.58. The second-order valence-corrected chi connectivity index (χ2v) is 6.37. The molecule has 0 amide bonds. The number of aliphatic hydroxyl groups excluding tert-OH is 1. The molecule has 1 aliphatic rings. The normalized spacial score (nSPS) is 20.8. The fourth-order valence-electron chi connectivity index (χ4n) is 2.58. The Bertz CT molecular complexity index is 724. The average Bonchev–Trinajstić information content (AvgIpc) is 2.61. The van der Waals surface area contributed by atoms with Gasteiger partial charge in [0.15, 0.2) is 11.9 Å². The van der Waals surface area contributed by atoms with Crippen molar-refractivity contribution in [3.8, 4) is 0 Å². The number of aromatic nitrogens is 3. The van der Waals surface area contributed by atoms with E-state index in [2.05, 4.69) is 25.6 Å². The van der Waals surface area contributed by atoms with Crippen molar-refractivity contribution in [2.45, 2.75) is 63.8 Å². The first kappa shape index (κ1) is 22.2. The van der Waals surface area contributed by atoms with Crippen LogP contribution in [0, 0.1) is 0 Å². The highest BCUT2D eigenvalue weighted by atomic mass is 19.4. The zero-order chi connectivity index (χ0) is 21.1. The lowest BCUT2D eigenvalue weighted by atomic mass is 9.92. The molecule has 1 heterocycles. The summed E-state index contributed by atoms with van der Waals surface area (Å²) in [5.41, 5.74) is -0.386. The molecule has 0 spiro atoms. The van der Waals surface area contributed by atoms with Crippen LogP contribution in [0.5, 0.6) is 0 Å². The third kappa shape index (κ3) is 5.03. The van der Waals surface area contributed by atoms with Gasteiger partial charge in [-0.25, -0.2) is 13.2 Å². The molecule has 1 aromatic rings. The Labute approximate surface area is 157 Å². The molecule has 2 atom stereocenters. The molecule has 1 aliphatic carbocycles. The van der Waals surface area contributed by atoms with Gasteiger partial charge >= 0.3 is 6.18 Å². The highest BCUT2D eigenvalue weighted by Crippen LogP contribution is 2.41. The first-order valence-corrected chi connectivity index (χ1v) is 8.77. The molecule has 12 heteroatoms. The minimum absolute atomic E-state index is 0.126. The summed E-state index contributed by atoms with van der Waals surface area (Å²) in [6.45, 7) is 3.51. The number of aliphatic hydroxyl groups is 1. The van der Waals surface area contributed by atoms with Crippen LogP contribution in [0.25, 0.3) is 5.57 Å². The highest BCUT2D eigenvalue weighted by molar-refractivity contribution is 5.66. The van der Waals surface area contributed by atoms with Crippen LogP contribution in [0.4, 0.5) is 38.2 Å². The van der Waals surface area contributed by atoms with Gasteiger partial charge in [-0.3, -0.25) is 0 Å². The smallest absolute Gasteiger partial charge is 0.380 e. The van der Waals surface area contributed by atoms with E-state index in [0.717, 1.165) is 0 Å². The molecular weight excluding hydrogens is 392 g/mol. The van der Waals surface area contributed by atoms with E-state index in [-0.39, 0.29) is 17.9 Å². The lowest BCUT2D eigenvalue weighted by molar-refractivity contribution is -0.143. The van der Waals surface area contributed by atoms with Gasteiger partial charge < -0.3 is 15.7 Å². The van der Waals surface area contributed by atoms with Gasteiger partial charge in [-0.15, -0.1) is 0 Å². The predicted molar refractivity (Wildman–Crippen MR) is 90.6 cm³/mol. The second-order valence-electron chi connectivity index (χ2n) is 6.37. The maximum absolute atomic E-state index is 14.3. The van der Waals surface area contributed by atoms with Crippen molar-refractivity contribution in [2.24, 2.45) is 0 Å². The highest BCUT2D eigenvalue weighted by Gasteiger charge is 2.46. The Hall–Kier alpha value is -2.11. The number of alkyl halides is 5. The molecule has 0 fully saturated rings. The summed E-state index contributed by atoms with van der Waals surface area (Å²) in [5.74, 6) is -6.15. The van der Waals surface area contributed by atoms with E-state index in [9.17, 15) is 31.4 Å². The number of anilines is 2. The molecule has 2 rings (SSSR count). The second kappa shape index (κ2) is 8.50. The van der Waals surface area contributed by atoms with Crippen LogP contribution in [-0.2, 0) is 0 Å². The lowest BCUT2D eigenvalue weighted by Gasteiger charge is -2.28. The maximum atomic E-state index is 14.3. The van der Waals surface area contributed by atoms with E-state index in [1.807, 2.05) is 6.92 Å². The molecule has 3 N–H and O–H groups in total. The number of hydrogen-bond acceptors (Lipinski definition) is 6. The quantitative estimate of drug-likeness (QED) is 0.588. The van der Waals surface area contributed by atoms with Crippen molar-refractivity contribution in [1.29, 1.82) is 0 Å². The molecule has 0 saturated heterocycles. The third-order valence-corrected chi connectivity index (χ3v) is 4.18. The van der Waals surface area contributed by atoms with Gasteiger partial charge in [-0.05, 0) is 19.3 Å². The van der Waals surface area contributed by atoms with Crippen molar-refractivity contribution in [3.05, 3.63) is 11.7 Å². The van der Waals surface area contributed by atoms with Crippen molar-refractivity contribution >= 4 is 17.5 Å². The topological polar surface area (TPSA) is 83.0 Å². The van der Waals surface area contributed by atoms with Gasteiger partial charge in [-0.2, -0.15) is 28.1 Å². The van der Waals surface area contributed by atoms with Gasteiger partial charge in [0.25, 0.3) is 5.92 Å². The van der Waals surface area contributed by atoms with Crippen LogP contribution in [0.15, 0.2) is 5.83 Å². The first-order chi connectivity index (χ1) is 13.0. The Kier molecular flexibility index (Phi) is 6.73. The fraction of sp³-hybridized carbons (Fsp3) is 0.688. The molecule has 28 heavy (non-hydrogen) atoms. The Morgan fingerprint density at radius 2 is 1.82 bits per heavy atom. The van der Waals surface area contributed by atoms with Gasteiger partial charge in [0.1, 0.15) is 11.9 Å². The van der Waals surface area contributed by atoms with Crippen LogP contribution >= 0.6 is 0 Å². The Morgan fingerprint density at radius 1 is 1.18 bits per heavy atom. The summed E-state index contributed by atoms with van der Waals surface area (Å²) in [6.07, 6.45) is -8.23. The van der Waals surface area contributed by atoms with Gasteiger partial charge in [0, 0.05) is 18.5 Å². The number of halogens is 6. The molecule has 0 radical (unpaired) electrons. The van der Waals surface area contributed by atoms with Gasteiger partial charge in [0.05, 0.1) is 0 Å². The van der Waals surface area contributed by atoms with Crippen molar-refractivity contribution in [2.75, 3.05) is 17.2 Å². The van der Waals surface area contributed by atoms with Gasteiger partial charge in [-0.1, -0.05) is 13.8 Å². The number of nitrogens with one attached hydrogen (secondary N) is 2. The Morgan fingerprint density at radius 3 is 2.39 bits per heavy atom. The predicted octanol–water partition coefficient (Wildman–Crippen LogP) is 3.92. The van der Waals surface area contributed by atoms with Crippen molar-refractivity contribution in [1.82, 2.24) is 15.0 Å². The molecule has 0 unspecified atom stereocenters. The first-order valence-electron chi connectivity index (χ1n) is 8.77. The lowest BCUT2D eigenvalue weighted by Crippen LogP contribution is -2.38. The molecule has 0 saturated carbocycles. The fourth-order valence-corrected chi connectivity index (χ4v) is 2.58. The molecule has 6 nitrogen and oxygen atoms in total. The summed E-state index contributed by atoms with van der Waals surface area (Å²) < 4.78 is 80.3. The summed E-state index contributed by atoms with van der Waals surface area (Å²) in [5, 5.41) is 14.3. The summed E-state index contributed by atoms with van der Waals surface area (Å²) in [6, 6.07) is -1.96. The van der Waals surface area contributed by atoms with E-state index >= 15 is 0 Å². The number of rotatable bonds is 7. The Balaban J connectivity index is 2.45. The maximum Gasteiger partial charge on any atom is 0.408 e. The van der Waals surface area contributed by atoms with Crippen LogP contribution in [-0.4, -0.2) is 50.8 Å². The standard InChI is InChI=1S/C16H21F6N5O/c1-3-7-23-13-25-12(8-5-6-15(18,19)11(28)10(8)17)26-14(27-13)24-9(4-2)16(20,21)22/h9,11,28H,3-7H2,1-2H3,(H2,23,24,25,26,27)/t9-,11-/m1/s1. The van der Waals surface area contributed by atoms with E-state index in [1.54, 1.807) is 0 Å². The monoisotopic (exact) mass is 413 g/mol. The SMILES string of the molecule is CCCNc1nc(N[C@H](CC)C(F)(F)F)nc(C2=C(F)[C@@H](O)C(F)(F)CC2)n1. The zero-order valence-electron chi connectivity index (χ0n) is 15.2. The minimum Gasteiger partial charge on any atom is -0.380 e. The number of nitrogens with zero attached hydrogens (tertiary/aromatic N) is 3. The van der Waals surface area contributed by atoms with E-state index < -0.39 is 54.7 Å². The molecule has 0 aliphatic heterocycles. The average molecular weight is 413 g/mol. The van der Waals surface area contributed by atoms with Crippen molar-refractivity contribution in [3.63, 3.8) is 0 Å². The molecular formula is C16H21F6N5O. The molecule has 0 bridgehead atoms. The van der Waals surface area contributed by atoms with E-state index in [1.165, 1.54) is 6.92 Å². The molecule has 158 valence electrons. The summed E-state index contributed by atoms with van der Waals surface area (Å²) in [7, 11) is 0. The van der Waals surface area contributed by atoms with Crippen LogP contribution in [0.2, 0.25) is 0 Å². The van der Waals surface area contributed by atoms with Crippen LogP contribution in [0.1, 0.15) is 45.4 Å². The summed E-state index contributed by atoms with van der Waals surface area (Å²) >= 11 is 0.